The third-order valence-corrected chi connectivity index (χ3v) is 1.67. The summed E-state index contributed by atoms with van der Waals surface area (Å²) < 4.78 is 0. The summed E-state index contributed by atoms with van der Waals surface area (Å²) in [6.07, 6.45) is 4.23. The lowest BCUT2D eigenvalue weighted by Crippen LogP contribution is -2.00. The molecule has 0 bridgehead atoms. The zero-order valence-corrected chi connectivity index (χ0v) is 8.31. The topological polar surface area (TPSA) is 15.8 Å². The maximum absolute atomic E-state index is 3.19. The SMILES string of the molecule is C/C(=C\C(C)(C)C)c1ccc[nH]1. The van der Waals surface area contributed by atoms with Gasteiger partial charge >= 0.3 is 0 Å². The van der Waals surface area contributed by atoms with Gasteiger partial charge in [0.05, 0.1) is 0 Å². The van der Waals surface area contributed by atoms with Gasteiger partial charge in [0.2, 0.25) is 0 Å². The summed E-state index contributed by atoms with van der Waals surface area (Å²) in [6.45, 7) is 8.76. The Morgan fingerprint density at radius 3 is 2.50 bits per heavy atom. The fourth-order valence-corrected chi connectivity index (χ4v) is 1.30. The van der Waals surface area contributed by atoms with Crippen LogP contribution in [0.2, 0.25) is 0 Å². The van der Waals surface area contributed by atoms with Crippen LogP contribution in [0.25, 0.3) is 5.57 Å². The van der Waals surface area contributed by atoms with Gasteiger partial charge in [0.25, 0.3) is 0 Å². The van der Waals surface area contributed by atoms with Crippen LogP contribution < -0.4 is 0 Å². The van der Waals surface area contributed by atoms with E-state index in [1.165, 1.54) is 11.3 Å². The van der Waals surface area contributed by atoms with Crippen molar-refractivity contribution in [3.8, 4) is 0 Å². The lowest BCUT2D eigenvalue weighted by molar-refractivity contribution is 0.545. The predicted octanol–water partition coefficient (Wildman–Crippen LogP) is 3.46. The lowest BCUT2D eigenvalue weighted by Gasteiger charge is -2.13. The largest absolute Gasteiger partial charge is 0.361 e. The zero-order chi connectivity index (χ0) is 9.19. The molecular formula is C11H17N. The van der Waals surface area contributed by atoms with Crippen LogP contribution in [0.1, 0.15) is 33.4 Å². The molecule has 12 heavy (non-hydrogen) atoms. The molecule has 1 aromatic rings. The molecule has 0 saturated heterocycles. The second-order valence-corrected chi connectivity index (χ2v) is 4.28. The number of hydrogen-bond donors (Lipinski definition) is 1. The van der Waals surface area contributed by atoms with Gasteiger partial charge in [0.1, 0.15) is 0 Å². The van der Waals surface area contributed by atoms with Crippen LogP contribution in [0.15, 0.2) is 24.4 Å². The van der Waals surface area contributed by atoms with E-state index in [0.717, 1.165) is 0 Å². The van der Waals surface area contributed by atoms with Crippen molar-refractivity contribution in [3.05, 3.63) is 30.1 Å². The minimum Gasteiger partial charge on any atom is -0.361 e. The summed E-state index contributed by atoms with van der Waals surface area (Å²) >= 11 is 0. The number of H-pyrrole nitrogens is 1. The van der Waals surface area contributed by atoms with E-state index in [-0.39, 0.29) is 5.41 Å². The highest BCUT2D eigenvalue weighted by Crippen LogP contribution is 2.21. The van der Waals surface area contributed by atoms with Gasteiger partial charge in [-0.15, -0.1) is 0 Å². The third kappa shape index (κ3) is 2.57. The van der Waals surface area contributed by atoms with Gasteiger partial charge in [-0.25, -0.2) is 0 Å². The molecule has 66 valence electrons. The van der Waals surface area contributed by atoms with Gasteiger partial charge in [0, 0.05) is 11.9 Å². The molecule has 0 unspecified atom stereocenters. The van der Waals surface area contributed by atoms with E-state index in [1.54, 1.807) is 0 Å². The zero-order valence-electron chi connectivity index (χ0n) is 8.31. The van der Waals surface area contributed by atoms with E-state index in [2.05, 4.69) is 44.8 Å². The van der Waals surface area contributed by atoms with E-state index in [4.69, 9.17) is 0 Å². The van der Waals surface area contributed by atoms with Gasteiger partial charge in [-0.1, -0.05) is 26.8 Å². The molecule has 0 spiro atoms. The van der Waals surface area contributed by atoms with Gasteiger partial charge in [0.15, 0.2) is 0 Å². The first-order chi connectivity index (χ1) is 5.49. The van der Waals surface area contributed by atoms with Crippen LogP contribution in [0.3, 0.4) is 0 Å². The summed E-state index contributed by atoms with van der Waals surface area (Å²) in [5.41, 5.74) is 2.78. The first kappa shape index (κ1) is 9.11. The first-order valence-corrected chi connectivity index (χ1v) is 4.32. The first-order valence-electron chi connectivity index (χ1n) is 4.32. The molecule has 0 fully saturated rings. The third-order valence-electron chi connectivity index (χ3n) is 1.67. The molecule has 0 saturated carbocycles. The Balaban J connectivity index is 2.85. The molecule has 1 rings (SSSR count). The van der Waals surface area contributed by atoms with Gasteiger partial charge < -0.3 is 4.98 Å². The molecule has 0 aromatic carbocycles. The van der Waals surface area contributed by atoms with Crippen LogP contribution in [-0.2, 0) is 0 Å². The smallest absolute Gasteiger partial charge is 0.0406 e. The maximum atomic E-state index is 3.19. The minimum absolute atomic E-state index is 0.259. The van der Waals surface area contributed by atoms with Gasteiger partial charge in [-0.3, -0.25) is 0 Å². The Morgan fingerprint density at radius 1 is 1.42 bits per heavy atom. The maximum Gasteiger partial charge on any atom is 0.0406 e. The number of allylic oxidation sites excluding steroid dienone is 2. The van der Waals surface area contributed by atoms with E-state index in [0.29, 0.717) is 0 Å². The van der Waals surface area contributed by atoms with Gasteiger partial charge in [-0.05, 0) is 30.0 Å². The summed E-state index contributed by atoms with van der Waals surface area (Å²) in [4.78, 5) is 3.19. The normalized spacial score (nSPS) is 13.5. The molecule has 1 nitrogen and oxygen atoms in total. The summed E-state index contributed by atoms with van der Waals surface area (Å²) in [6, 6.07) is 4.12. The molecule has 1 heteroatoms. The number of aromatic nitrogens is 1. The standard InChI is InChI=1S/C11H17N/c1-9(8-11(2,3)4)10-6-5-7-12-10/h5-8,12H,1-4H3/b9-8+. The van der Waals surface area contributed by atoms with E-state index < -0.39 is 0 Å². The second-order valence-electron chi connectivity index (χ2n) is 4.28. The fourth-order valence-electron chi connectivity index (χ4n) is 1.30. The van der Waals surface area contributed by atoms with E-state index >= 15 is 0 Å². The quantitative estimate of drug-likeness (QED) is 0.652. The fraction of sp³-hybridized carbons (Fsp3) is 0.455. The summed E-state index contributed by atoms with van der Waals surface area (Å²) in [5.74, 6) is 0. The average Bonchev–Trinajstić information content (AvgIpc) is 2.32. The van der Waals surface area contributed by atoms with Crippen molar-refractivity contribution in [2.24, 2.45) is 5.41 Å². The average molecular weight is 163 g/mol. The van der Waals surface area contributed by atoms with Crippen molar-refractivity contribution >= 4 is 5.57 Å². The molecule has 0 radical (unpaired) electrons. The summed E-state index contributed by atoms with van der Waals surface area (Å²) in [7, 11) is 0. The van der Waals surface area contributed by atoms with E-state index in [9.17, 15) is 0 Å². The second kappa shape index (κ2) is 3.18. The van der Waals surface area contributed by atoms with Crippen LogP contribution in [0.4, 0.5) is 0 Å². The van der Waals surface area contributed by atoms with E-state index in [1.807, 2.05) is 12.3 Å². The highest BCUT2D eigenvalue weighted by atomic mass is 14.7. The number of aromatic amines is 1. The molecule has 0 atom stereocenters. The molecule has 0 aliphatic carbocycles. The number of hydrogen-bond acceptors (Lipinski definition) is 0. The van der Waals surface area contributed by atoms with Crippen LogP contribution in [0, 0.1) is 5.41 Å². The Labute approximate surface area is 74.5 Å². The molecule has 1 heterocycles. The molecule has 1 aromatic heterocycles. The Kier molecular flexibility index (Phi) is 2.41. The molecular weight excluding hydrogens is 146 g/mol. The molecule has 1 N–H and O–H groups in total. The van der Waals surface area contributed by atoms with Crippen molar-refractivity contribution in [1.29, 1.82) is 0 Å². The molecule has 0 aliphatic heterocycles. The monoisotopic (exact) mass is 163 g/mol. The number of nitrogens with one attached hydrogen (secondary N) is 1. The predicted molar refractivity (Wildman–Crippen MR) is 53.9 cm³/mol. The lowest BCUT2D eigenvalue weighted by atomic mass is 9.93. The highest BCUT2D eigenvalue weighted by Gasteiger charge is 2.06. The Hall–Kier alpha value is -0.980. The molecule has 0 aliphatic rings. The Morgan fingerprint density at radius 2 is 2.08 bits per heavy atom. The van der Waals surface area contributed by atoms with Crippen molar-refractivity contribution < 1.29 is 0 Å². The van der Waals surface area contributed by atoms with Crippen molar-refractivity contribution in [2.75, 3.05) is 0 Å². The van der Waals surface area contributed by atoms with Crippen LogP contribution >= 0.6 is 0 Å². The van der Waals surface area contributed by atoms with Crippen molar-refractivity contribution in [1.82, 2.24) is 4.98 Å². The highest BCUT2D eigenvalue weighted by molar-refractivity contribution is 5.61. The van der Waals surface area contributed by atoms with Gasteiger partial charge in [-0.2, -0.15) is 0 Å². The van der Waals surface area contributed by atoms with Crippen LogP contribution in [-0.4, -0.2) is 4.98 Å². The van der Waals surface area contributed by atoms with Crippen molar-refractivity contribution in [3.63, 3.8) is 0 Å². The Bertz CT molecular complexity index is 260. The summed E-state index contributed by atoms with van der Waals surface area (Å²) in [5, 5.41) is 0. The minimum atomic E-state index is 0.259. The molecule has 0 amide bonds. The van der Waals surface area contributed by atoms with Crippen LogP contribution in [0.5, 0.6) is 0 Å². The number of rotatable bonds is 1. The van der Waals surface area contributed by atoms with Crippen molar-refractivity contribution in [2.45, 2.75) is 27.7 Å².